The molecule has 0 spiro atoms. The smallest absolute Gasteiger partial charge is 0.251 e. The summed E-state index contributed by atoms with van der Waals surface area (Å²) in [5.74, 6) is -0.184. The molecule has 7 heteroatoms. The number of thiophene rings is 1. The van der Waals surface area contributed by atoms with Crippen molar-refractivity contribution in [3.05, 3.63) is 46.2 Å². The molecule has 126 valence electrons. The summed E-state index contributed by atoms with van der Waals surface area (Å²) in [6.45, 7) is 1.52. The van der Waals surface area contributed by atoms with Gasteiger partial charge >= 0.3 is 0 Å². The van der Waals surface area contributed by atoms with Crippen molar-refractivity contribution >= 4 is 32.9 Å². The quantitative estimate of drug-likeness (QED) is 0.847. The van der Waals surface area contributed by atoms with Gasteiger partial charge in [-0.2, -0.15) is 0 Å². The largest absolute Gasteiger partial charge is 0.348 e. The van der Waals surface area contributed by atoms with E-state index >= 15 is 0 Å². The number of hydrogen-bond acceptors (Lipinski definition) is 5. The normalized spacial score (nSPS) is 19.1. The number of hydrogen-bond donors (Lipinski definition) is 1. The molecule has 0 aliphatic carbocycles. The second-order valence-corrected chi connectivity index (χ2v) is 9.02. The fourth-order valence-electron chi connectivity index (χ4n) is 2.81. The highest BCUT2D eigenvalue weighted by atomic mass is 32.2. The van der Waals surface area contributed by atoms with Crippen molar-refractivity contribution in [2.75, 3.05) is 11.5 Å². The fraction of sp³-hybridized carbons (Fsp3) is 0.294. The SMILES string of the molecule is CC(=O)c1sccc1-c1cccc(C(=O)N[C@@H]2CCS(=O)(=O)C2)c1. The van der Waals surface area contributed by atoms with Crippen molar-refractivity contribution in [3.8, 4) is 11.1 Å². The number of carbonyl (C=O) groups excluding carboxylic acids is 2. The van der Waals surface area contributed by atoms with Crippen LogP contribution >= 0.6 is 11.3 Å². The first kappa shape index (κ1) is 16.9. The Morgan fingerprint density at radius 2 is 2.04 bits per heavy atom. The summed E-state index contributed by atoms with van der Waals surface area (Å²) in [6, 6.07) is 8.56. The summed E-state index contributed by atoms with van der Waals surface area (Å²) in [5.41, 5.74) is 2.07. The predicted molar refractivity (Wildman–Crippen MR) is 94.3 cm³/mol. The van der Waals surface area contributed by atoms with Crippen molar-refractivity contribution in [2.45, 2.75) is 19.4 Å². The zero-order chi connectivity index (χ0) is 17.3. The molecule has 0 radical (unpaired) electrons. The highest BCUT2D eigenvalue weighted by Crippen LogP contribution is 2.29. The molecule has 0 bridgehead atoms. The van der Waals surface area contributed by atoms with Gasteiger partial charge in [0.15, 0.2) is 15.6 Å². The van der Waals surface area contributed by atoms with Gasteiger partial charge in [-0.3, -0.25) is 9.59 Å². The van der Waals surface area contributed by atoms with E-state index in [0.29, 0.717) is 16.9 Å². The maximum atomic E-state index is 12.4. The van der Waals surface area contributed by atoms with Crippen LogP contribution in [0.1, 0.15) is 33.4 Å². The van der Waals surface area contributed by atoms with Crippen LogP contribution in [0.25, 0.3) is 11.1 Å². The van der Waals surface area contributed by atoms with Crippen LogP contribution in [0.2, 0.25) is 0 Å². The standard InChI is InChI=1S/C17H17NO4S2/c1-11(19)16-15(5-7-23-16)12-3-2-4-13(9-12)17(20)18-14-6-8-24(21,22)10-14/h2-5,7,9,14H,6,8,10H2,1H3,(H,18,20)/t14-/m1/s1. The van der Waals surface area contributed by atoms with Crippen LogP contribution in [0.5, 0.6) is 0 Å². The van der Waals surface area contributed by atoms with Crippen molar-refractivity contribution in [2.24, 2.45) is 0 Å². The Bertz CT molecular complexity index is 899. The molecule has 2 aromatic rings. The van der Waals surface area contributed by atoms with Gasteiger partial charge in [0.2, 0.25) is 0 Å². The highest BCUT2D eigenvalue weighted by Gasteiger charge is 2.29. The molecule has 1 amide bonds. The van der Waals surface area contributed by atoms with E-state index in [1.165, 1.54) is 18.3 Å². The lowest BCUT2D eigenvalue weighted by molar-refractivity contribution is 0.0940. The molecule has 0 saturated carbocycles. The van der Waals surface area contributed by atoms with Crippen molar-refractivity contribution in [1.29, 1.82) is 0 Å². The van der Waals surface area contributed by atoms with Crippen LogP contribution in [0, 0.1) is 0 Å². The van der Waals surface area contributed by atoms with Crippen LogP contribution < -0.4 is 5.32 Å². The zero-order valence-electron chi connectivity index (χ0n) is 13.1. The number of ketones is 1. The lowest BCUT2D eigenvalue weighted by Crippen LogP contribution is -2.35. The van der Waals surface area contributed by atoms with Gasteiger partial charge in [0.25, 0.3) is 5.91 Å². The van der Waals surface area contributed by atoms with Gasteiger partial charge < -0.3 is 5.32 Å². The summed E-state index contributed by atoms with van der Waals surface area (Å²) < 4.78 is 23.0. The minimum absolute atomic E-state index is 0.00253. The number of rotatable bonds is 4. The third kappa shape index (κ3) is 3.57. The monoisotopic (exact) mass is 363 g/mol. The maximum absolute atomic E-state index is 12.4. The van der Waals surface area contributed by atoms with Gasteiger partial charge in [0, 0.05) is 17.2 Å². The van der Waals surface area contributed by atoms with Gasteiger partial charge in [0.05, 0.1) is 16.4 Å². The van der Waals surface area contributed by atoms with E-state index in [2.05, 4.69) is 5.32 Å². The number of nitrogens with one attached hydrogen (secondary N) is 1. The van der Waals surface area contributed by atoms with Gasteiger partial charge in [-0.05, 0) is 42.5 Å². The molecule has 5 nitrogen and oxygen atoms in total. The number of carbonyl (C=O) groups is 2. The first-order chi connectivity index (χ1) is 11.4. The predicted octanol–water partition coefficient (Wildman–Crippen LogP) is 2.53. The van der Waals surface area contributed by atoms with E-state index in [4.69, 9.17) is 0 Å². The summed E-state index contributed by atoms with van der Waals surface area (Å²) in [7, 11) is -3.03. The van der Waals surface area contributed by atoms with E-state index in [9.17, 15) is 18.0 Å². The average Bonchev–Trinajstić information content (AvgIpc) is 3.14. The van der Waals surface area contributed by atoms with Crippen LogP contribution in [-0.2, 0) is 9.84 Å². The second kappa shape index (κ2) is 6.49. The minimum Gasteiger partial charge on any atom is -0.348 e. The Balaban J connectivity index is 1.81. The first-order valence-corrected chi connectivity index (χ1v) is 10.3. The molecule has 1 saturated heterocycles. The third-order valence-corrected chi connectivity index (χ3v) is 6.77. The van der Waals surface area contributed by atoms with Gasteiger partial charge in [0.1, 0.15) is 0 Å². The Morgan fingerprint density at radius 1 is 1.25 bits per heavy atom. The molecule has 1 aliphatic heterocycles. The summed E-state index contributed by atoms with van der Waals surface area (Å²) in [6.07, 6.45) is 0.451. The van der Waals surface area contributed by atoms with E-state index in [1.54, 1.807) is 18.2 Å². The zero-order valence-corrected chi connectivity index (χ0v) is 14.7. The third-order valence-electron chi connectivity index (χ3n) is 3.99. The van der Waals surface area contributed by atoms with Crippen LogP contribution in [0.15, 0.2) is 35.7 Å². The second-order valence-electron chi connectivity index (χ2n) is 5.87. The molecule has 0 unspecified atom stereocenters. The van der Waals surface area contributed by atoms with Crippen molar-refractivity contribution in [1.82, 2.24) is 5.32 Å². The molecule has 1 aromatic carbocycles. The van der Waals surface area contributed by atoms with E-state index in [0.717, 1.165) is 11.1 Å². The fourth-order valence-corrected chi connectivity index (χ4v) is 5.31. The topological polar surface area (TPSA) is 80.3 Å². The van der Waals surface area contributed by atoms with Gasteiger partial charge in [-0.1, -0.05) is 12.1 Å². The molecule has 1 fully saturated rings. The molecule has 1 aromatic heterocycles. The molecule has 2 heterocycles. The number of benzene rings is 1. The molecular weight excluding hydrogens is 346 g/mol. The Morgan fingerprint density at radius 3 is 2.71 bits per heavy atom. The van der Waals surface area contributed by atoms with Crippen molar-refractivity contribution < 1.29 is 18.0 Å². The molecule has 1 N–H and O–H groups in total. The highest BCUT2D eigenvalue weighted by molar-refractivity contribution is 7.91. The lowest BCUT2D eigenvalue weighted by atomic mass is 10.0. The first-order valence-electron chi connectivity index (χ1n) is 7.56. The van der Waals surface area contributed by atoms with Crippen molar-refractivity contribution in [3.63, 3.8) is 0 Å². The van der Waals surface area contributed by atoms with E-state index < -0.39 is 9.84 Å². The van der Waals surface area contributed by atoms with Gasteiger partial charge in [-0.15, -0.1) is 11.3 Å². The maximum Gasteiger partial charge on any atom is 0.251 e. The average molecular weight is 363 g/mol. The Labute approximate surface area is 144 Å². The number of amides is 1. The molecular formula is C17H17NO4S2. The van der Waals surface area contributed by atoms with Crippen LogP contribution in [-0.4, -0.2) is 37.7 Å². The summed E-state index contributed by atoms with van der Waals surface area (Å²) in [5, 5.41) is 4.63. The van der Waals surface area contributed by atoms with Gasteiger partial charge in [-0.25, -0.2) is 8.42 Å². The Hall–Kier alpha value is -1.99. The number of Topliss-reactive ketones (excluding diaryl/α,β-unsaturated/α-hetero) is 1. The molecule has 1 aliphatic rings. The molecule has 3 rings (SSSR count). The number of sulfone groups is 1. The van der Waals surface area contributed by atoms with Crippen LogP contribution in [0.4, 0.5) is 0 Å². The Kier molecular flexibility index (Phi) is 4.56. The van der Waals surface area contributed by atoms with E-state index in [1.807, 2.05) is 17.5 Å². The minimum atomic E-state index is -3.03. The summed E-state index contributed by atoms with van der Waals surface area (Å²) in [4.78, 5) is 24.7. The molecule has 1 atom stereocenters. The van der Waals surface area contributed by atoms with E-state index in [-0.39, 0.29) is 29.2 Å². The lowest BCUT2D eigenvalue weighted by Gasteiger charge is -2.11. The molecule has 24 heavy (non-hydrogen) atoms. The van der Waals surface area contributed by atoms with Crippen LogP contribution in [0.3, 0.4) is 0 Å². The summed E-state index contributed by atoms with van der Waals surface area (Å²) >= 11 is 1.38.